The van der Waals surface area contributed by atoms with Gasteiger partial charge in [0.1, 0.15) is 5.75 Å². The van der Waals surface area contributed by atoms with E-state index >= 15 is 0 Å². The number of nitrogens with zero attached hydrogens (tertiary/aromatic N) is 1. The fraction of sp³-hybridized carbons (Fsp3) is 0.407. The standard InChI is InChI=1S/C27H33N3O3/c1-18-19(2)29-26-23(18)10-5-11-24(26)27(32)30-14-6-8-20(17-30)12-13-25(31)28-16-21-7-4-9-22(15-21)33-3/h4-5,7,9-11,15,20,29H,6,8,12-14,16-17H2,1-3H3,(H,28,31)/t20-/m1/s1. The smallest absolute Gasteiger partial charge is 0.255 e. The molecule has 0 saturated carbocycles. The maximum atomic E-state index is 13.3. The fourth-order valence-electron chi connectivity index (χ4n) is 4.72. The number of carbonyl (C=O) groups excluding carboxylic acids is 2. The third kappa shape index (κ3) is 5.21. The van der Waals surface area contributed by atoms with Crippen molar-refractivity contribution in [3.8, 4) is 5.75 Å². The second kappa shape index (κ2) is 10.1. The van der Waals surface area contributed by atoms with Gasteiger partial charge in [0.05, 0.1) is 18.2 Å². The minimum absolute atomic E-state index is 0.0448. The summed E-state index contributed by atoms with van der Waals surface area (Å²) in [5.41, 5.74) is 4.97. The number of aromatic amines is 1. The molecule has 4 rings (SSSR count). The predicted molar refractivity (Wildman–Crippen MR) is 130 cm³/mol. The Balaban J connectivity index is 1.32. The van der Waals surface area contributed by atoms with Gasteiger partial charge in [-0.1, -0.05) is 24.3 Å². The Hall–Kier alpha value is -3.28. The van der Waals surface area contributed by atoms with Crippen LogP contribution >= 0.6 is 0 Å². The quantitative estimate of drug-likeness (QED) is 0.549. The van der Waals surface area contributed by atoms with Crippen LogP contribution in [0.5, 0.6) is 5.75 Å². The fourth-order valence-corrected chi connectivity index (χ4v) is 4.72. The first-order valence-corrected chi connectivity index (χ1v) is 11.7. The molecule has 1 aliphatic rings. The normalized spacial score (nSPS) is 16.1. The van der Waals surface area contributed by atoms with Crippen LogP contribution in [0.25, 0.3) is 10.9 Å². The van der Waals surface area contributed by atoms with E-state index < -0.39 is 0 Å². The zero-order chi connectivity index (χ0) is 23.4. The molecule has 174 valence electrons. The minimum Gasteiger partial charge on any atom is -0.497 e. The van der Waals surface area contributed by atoms with Crippen molar-refractivity contribution in [2.45, 2.75) is 46.1 Å². The lowest BCUT2D eigenvalue weighted by Crippen LogP contribution is -2.40. The van der Waals surface area contributed by atoms with E-state index in [0.29, 0.717) is 25.4 Å². The van der Waals surface area contributed by atoms with Gasteiger partial charge >= 0.3 is 0 Å². The molecule has 1 aliphatic heterocycles. The molecule has 2 aromatic carbocycles. The number of amides is 2. The molecule has 2 amide bonds. The van der Waals surface area contributed by atoms with Gasteiger partial charge in [0.25, 0.3) is 5.91 Å². The first-order valence-electron chi connectivity index (χ1n) is 11.7. The SMILES string of the molecule is COc1cccc(CNC(=O)CC[C@H]2CCCN(C(=O)c3cccc4c(C)c(C)[nH]c34)C2)c1. The summed E-state index contributed by atoms with van der Waals surface area (Å²) in [6.45, 7) is 6.09. The number of nitrogens with one attached hydrogen (secondary N) is 2. The van der Waals surface area contributed by atoms with E-state index in [1.807, 2.05) is 48.2 Å². The van der Waals surface area contributed by atoms with Crippen LogP contribution in [-0.2, 0) is 11.3 Å². The highest BCUT2D eigenvalue weighted by Crippen LogP contribution is 2.27. The monoisotopic (exact) mass is 447 g/mol. The third-order valence-corrected chi connectivity index (χ3v) is 6.78. The summed E-state index contributed by atoms with van der Waals surface area (Å²) in [7, 11) is 1.64. The van der Waals surface area contributed by atoms with Crippen molar-refractivity contribution in [1.29, 1.82) is 0 Å². The average molecular weight is 448 g/mol. The van der Waals surface area contributed by atoms with Gasteiger partial charge < -0.3 is 19.9 Å². The number of hydrogen-bond donors (Lipinski definition) is 2. The Labute approximate surface area is 195 Å². The van der Waals surface area contributed by atoms with E-state index in [1.54, 1.807) is 7.11 Å². The summed E-state index contributed by atoms with van der Waals surface area (Å²) >= 11 is 0. The van der Waals surface area contributed by atoms with Gasteiger partial charge in [-0.3, -0.25) is 9.59 Å². The highest BCUT2D eigenvalue weighted by molar-refractivity contribution is 6.06. The maximum absolute atomic E-state index is 13.3. The lowest BCUT2D eigenvalue weighted by atomic mass is 9.92. The maximum Gasteiger partial charge on any atom is 0.255 e. The molecule has 0 unspecified atom stereocenters. The molecule has 1 saturated heterocycles. The molecule has 0 spiro atoms. The van der Waals surface area contributed by atoms with Crippen LogP contribution in [0, 0.1) is 19.8 Å². The average Bonchev–Trinajstić information content (AvgIpc) is 3.14. The Morgan fingerprint density at radius 3 is 2.82 bits per heavy atom. The summed E-state index contributed by atoms with van der Waals surface area (Å²) in [6, 6.07) is 13.7. The van der Waals surface area contributed by atoms with Crippen LogP contribution < -0.4 is 10.1 Å². The van der Waals surface area contributed by atoms with Crippen molar-refractivity contribution in [2.75, 3.05) is 20.2 Å². The zero-order valence-electron chi connectivity index (χ0n) is 19.7. The number of para-hydroxylation sites is 1. The molecular weight excluding hydrogens is 414 g/mol. The van der Waals surface area contributed by atoms with E-state index in [-0.39, 0.29) is 11.8 Å². The topological polar surface area (TPSA) is 74.4 Å². The molecule has 2 heterocycles. The Bertz CT molecular complexity index is 1150. The summed E-state index contributed by atoms with van der Waals surface area (Å²) in [4.78, 5) is 31.1. The number of ether oxygens (including phenoxy) is 1. The van der Waals surface area contributed by atoms with Gasteiger partial charge in [-0.05, 0) is 68.4 Å². The van der Waals surface area contributed by atoms with Gasteiger partial charge in [-0.15, -0.1) is 0 Å². The van der Waals surface area contributed by atoms with Gasteiger partial charge in [-0.25, -0.2) is 0 Å². The molecule has 6 heteroatoms. The summed E-state index contributed by atoms with van der Waals surface area (Å²) in [6.07, 6.45) is 3.29. The molecule has 1 fully saturated rings. The van der Waals surface area contributed by atoms with Gasteiger partial charge in [0, 0.05) is 37.1 Å². The van der Waals surface area contributed by atoms with Crippen molar-refractivity contribution in [3.05, 3.63) is 64.8 Å². The second-order valence-electron chi connectivity index (χ2n) is 9.03. The van der Waals surface area contributed by atoms with E-state index in [1.165, 1.54) is 5.56 Å². The first-order chi connectivity index (χ1) is 16.0. The number of aromatic nitrogens is 1. The summed E-state index contributed by atoms with van der Waals surface area (Å²) in [5, 5.41) is 4.11. The van der Waals surface area contributed by atoms with Gasteiger partial charge in [-0.2, -0.15) is 0 Å². The second-order valence-corrected chi connectivity index (χ2v) is 9.03. The lowest BCUT2D eigenvalue weighted by molar-refractivity contribution is -0.121. The molecule has 2 N–H and O–H groups in total. The van der Waals surface area contributed by atoms with Crippen molar-refractivity contribution in [2.24, 2.45) is 5.92 Å². The number of H-pyrrole nitrogens is 1. The van der Waals surface area contributed by atoms with Crippen LogP contribution in [-0.4, -0.2) is 41.9 Å². The predicted octanol–water partition coefficient (Wildman–Crippen LogP) is 4.74. The number of fused-ring (bicyclic) bond motifs is 1. The Morgan fingerprint density at radius 2 is 2.00 bits per heavy atom. The number of aryl methyl sites for hydroxylation is 2. The lowest BCUT2D eigenvalue weighted by Gasteiger charge is -2.33. The number of rotatable bonds is 7. The first kappa shape index (κ1) is 22.9. The molecule has 1 aromatic heterocycles. The minimum atomic E-state index is 0.0448. The molecule has 33 heavy (non-hydrogen) atoms. The van der Waals surface area contributed by atoms with E-state index in [0.717, 1.165) is 59.3 Å². The number of benzene rings is 2. The van der Waals surface area contributed by atoms with Crippen molar-refractivity contribution >= 4 is 22.7 Å². The number of carbonyl (C=O) groups is 2. The number of hydrogen-bond acceptors (Lipinski definition) is 3. The van der Waals surface area contributed by atoms with Crippen molar-refractivity contribution in [1.82, 2.24) is 15.2 Å². The highest BCUT2D eigenvalue weighted by atomic mass is 16.5. The summed E-state index contributed by atoms with van der Waals surface area (Å²) in [5.74, 6) is 1.25. The van der Waals surface area contributed by atoms with Crippen LogP contribution in [0.4, 0.5) is 0 Å². The number of methoxy groups -OCH3 is 1. The molecule has 1 atom stereocenters. The largest absolute Gasteiger partial charge is 0.497 e. The molecule has 0 bridgehead atoms. The molecule has 0 aliphatic carbocycles. The van der Waals surface area contributed by atoms with Crippen molar-refractivity contribution in [3.63, 3.8) is 0 Å². The molecular formula is C27H33N3O3. The van der Waals surface area contributed by atoms with Gasteiger partial charge in [0.15, 0.2) is 0 Å². The van der Waals surface area contributed by atoms with Gasteiger partial charge in [0.2, 0.25) is 5.91 Å². The molecule has 3 aromatic rings. The highest BCUT2D eigenvalue weighted by Gasteiger charge is 2.26. The van der Waals surface area contributed by atoms with Crippen molar-refractivity contribution < 1.29 is 14.3 Å². The molecule has 6 nitrogen and oxygen atoms in total. The third-order valence-electron chi connectivity index (χ3n) is 6.78. The van der Waals surface area contributed by atoms with Crippen LogP contribution in [0.1, 0.15) is 52.9 Å². The summed E-state index contributed by atoms with van der Waals surface area (Å²) < 4.78 is 5.23. The Kier molecular flexibility index (Phi) is 7.02. The molecule has 0 radical (unpaired) electrons. The van der Waals surface area contributed by atoms with Crippen LogP contribution in [0.2, 0.25) is 0 Å². The number of piperidine rings is 1. The van der Waals surface area contributed by atoms with Crippen LogP contribution in [0.3, 0.4) is 0 Å². The Morgan fingerprint density at radius 1 is 1.18 bits per heavy atom. The van der Waals surface area contributed by atoms with E-state index in [9.17, 15) is 9.59 Å². The zero-order valence-corrected chi connectivity index (χ0v) is 19.7. The van der Waals surface area contributed by atoms with E-state index in [2.05, 4.69) is 23.3 Å². The van der Waals surface area contributed by atoms with Crippen LogP contribution in [0.15, 0.2) is 42.5 Å². The van der Waals surface area contributed by atoms with E-state index in [4.69, 9.17) is 4.74 Å². The number of likely N-dealkylation sites (tertiary alicyclic amines) is 1.